The molecule has 3 heterocycles. The lowest BCUT2D eigenvalue weighted by atomic mass is 9.73. The number of nitriles is 1. The number of piperazine rings is 1. The highest BCUT2D eigenvalue weighted by atomic mass is 16.2. The molecule has 1 amide bonds. The van der Waals surface area contributed by atoms with Crippen molar-refractivity contribution < 1.29 is 4.79 Å². The molecule has 4 nitrogen and oxygen atoms in total. The normalized spacial score (nSPS) is 26.4. The number of benzene rings is 2. The molecular formula is C25H27N3O. The van der Waals surface area contributed by atoms with Crippen molar-refractivity contribution in [3.05, 3.63) is 59.7 Å². The minimum absolute atomic E-state index is 0.267. The van der Waals surface area contributed by atoms with E-state index in [4.69, 9.17) is 5.26 Å². The first-order valence-electron chi connectivity index (χ1n) is 10.9. The van der Waals surface area contributed by atoms with Crippen molar-refractivity contribution in [1.29, 1.82) is 5.26 Å². The zero-order valence-electron chi connectivity index (χ0n) is 16.7. The molecule has 1 aliphatic carbocycles. The van der Waals surface area contributed by atoms with Crippen LogP contribution in [0.2, 0.25) is 0 Å². The van der Waals surface area contributed by atoms with Gasteiger partial charge < -0.3 is 10.2 Å². The molecule has 0 aromatic heterocycles. The van der Waals surface area contributed by atoms with Crippen LogP contribution in [0.15, 0.2) is 48.5 Å². The fraction of sp³-hybridized carbons (Fsp3) is 0.440. The van der Waals surface area contributed by atoms with Gasteiger partial charge in [-0.2, -0.15) is 5.26 Å². The summed E-state index contributed by atoms with van der Waals surface area (Å²) >= 11 is 0. The van der Waals surface area contributed by atoms with E-state index in [1.807, 2.05) is 24.3 Å². The summed E-state index contributed by atoms with van der Waals surface area (Å²) in [6, 6.07) is 19.4. The lowest BCUT2D eigenvalue weighted by molar-refractivity contribution is -0.141. The van der Waals surface area contributed by atoms with E-state index in [1.54, 1.807) is 0 Å². The van der Waals surface area contributed by atoms with Gasteiger partial charge in [-0.1, -0.05) is 55.7 Å². The smallest absolute Gasteiger partial charge is 0.225 e. The first-order valence-corrected chi connectivity index (χ1v) is 10.9. The molecule has 0 spiro atoms. The van der Waals surface area contributed by atoms with Crippen LogP contribution in [-0.4, -0.2) is 36.0 Å². The van der Waals surface area contributed by atoms with E-state index in [1.165, 1.54) is 24.8 Å². The molecule has 4 fully saturated rings. The van der Waals surface area contributed by atoms with Crippen LogP contribution in [0.1, 0.15) is 49.1 Å². The Hall–Kier alpha value is -2.64. The van der Waals surface area contributed by atoms with E-state index < -0.39 is 0 Å². The van der Waals surface area contributed by atoms with Gasteiger partial charge in [0, 0.05) is 37.0 Å². The largest absolute Gasteiger partial charge is 0.339 e. The zero-order chi connectivity index (χ0) is 19.8. The molecule has 4 heteroatoms. The number of carbonyl (C=O) groups excluding carboxylic acids is 1. The van der Waals surface area contributed by atoms with Gasteiger partial charge in [0.15, 0.2) is 0 Å². The topological polar surface area (TPSA) is 56.1 Å². The predicted octanol–water partition coefficient (Wildman–Crippen LogP) is 4.07. The van der Waals surface area contributed by atoms with Gasteiger partial charge in [-0.3, -0.25) is 4.79 Å². The van der Waals surface area contributed by atoms with Crippen LogP contribution in [0, 0.1) is 17.2 Å². The summed E-state index contributed by atoms with van der Waals surface area (Å²) in [5.74, 6) is 1.15. The Kier molecular flexibility index (Phi) is 4.85. The summed E-state index contributed by atoms with van der Waals surface area (Å²) in [6.07, 6.45) is 5.87. The van der Waals surface area contributed by atoms with E-state index in [0.29, 0.717) is 29.5 Å². The number of rotatable bonds is 3. The Bertz CT molecular complexity index is 927. The number of carbonyl (C=O) groups is 1. The van der Waals surface area contributed by atoms with Crippen LogP contribution in [0.3, 0.4) is 0 Å². The van der Waals surface area contributed by atoms with E-state index in [0.717, 1.165) is 37.1 Å². The number of hydrogen-bond acceptors (Lipinski definition) is 3. The maximum atomic E-state index is 12.9. The first kappa shape index (κ1) is 18.4. The highest BCUT2D eigenvalue weighted by molar-refractivity contribution is 5.79. The lowest BCUT2D eigenvalue weighted by Gasteiger charge is -2.55. The van der Waals surface area contributed by atoms with Crippen LogP contribution < -0.4 is 5.32 Å². The summed E-state index contributed by atoms with van der Waals surface area (Å²) in [5.41, 5.74) is 4.25. The monoisotopic (exact) mass is 385 g/mol. The van der Waals surface area contributed by atoms with E-state index in [-0.39, 0.29) is 5.92 Å². The zero-order valence-corrected chi connectivity index (χ0v) is 16.7. The quantitative estimate of drug-likeness (QED) is 0.866. The van der Waals surface area contributed by atoms with Gasteiger partial charge in [0.2, 0.25) is 5.91 Å². The molecule has 1 saturated carbocycles. The fourth-order valence-electron chi connectivity index (χ4n) is 5.44. The molecule has 148 valence electrons. The highest BCUT2D eigenvalue weighted by Gasteiger charge is 2.48. The first-order chi connectivity index (χ1) is 14.2. The molecule has 1 N–H and O–H groups in total. The van der Waals surface area contributed by atoms with Crippen LogP contribution in [-0.2, 0) is 4.79 Å². The average Bonchev–Trinajstić information content (AvgIpc) is 2.79. The Morgan fingerprint density at radius 3 is 2.38 bits per heavy atom. The lowest BCUT2D eigenvalue weighted by Crippen LogP contribution is -2.72. The van der Waals surface area contributed by atoms with Gasteiger partial charge in [0.1, 0.15) is 0 Å². The third kappa shape index (κ3) is 3.45. The Morgan fingerprint density at radius 1 is 0.966 bits per heavy atom. The predicted molar refractivity (Wildman–Crippen MR) is 113 cm³/mol. The second-order valence-corrected chi connectivity index (χ2v) is 8.80. The van der Waals surface area contributed by atoms with Crippen molar-refractivity contribution in [2.75, 3.05) is 13.1 Å². The Labute approximate surface area is 172 Å². The molecule has 6 rings (SSSR count). The maximum absolute atomic E-state index is 12.9. The summed E-state index contributed by atoms with van der Waals surface area (Å²) in [6.45, 7) is 1.67. The number of amides is 1. The molecule has 29 heavy (non-hydrogen) atoms. The summed E-state index contributed by atoms with van der Waals surface area (Å²) in [5, 5.41) is 12.8. The van der Waals surface area contributed by atoms with Gasteiger partial charge in [0.05, 0.1) is 11.6 Å². The molecule has 2 bridgehead atoms. The third-order valence-electron chi connectivity index (χ3n) is 7.02. The van der Waals surface area contributed by atoms with Crippen molar-refractivity contribution in [3.63, 3.8) is 0 Å². The van der Waals surface area contributed by atoms with Crippen LogP contribution >= 0.6 is 0 Å². The molecule has 3 atom stereocenters. The average molecular weight is 386 g/mol. The maximum Gasteiger partial charge on any atom is 0.225 e. The summed E-state index contributed by atoms with van der Waals surface area (Å²) in [7, 11) is 0. The molecule has 0 radical (unpaired) electrons. The minimum Gasteiger partial charge on any atom is -0.339 e. The molecule has 3 saturated heterocycles. The van der Waals surface area contributed by atoms with Crippen molar-refractivity contribution >= 4 is 5.91 Å². The van der Waals surface area contributed by atoms with E-state index >= 15 is 0 Å². The SMILES string of the molecule is N#Cc1cccc(-c2ccc(C3[C@@H]4CN(C(=O)C5CCCCC5)C[C@H]3N4)cc2)c1. The molecule has 2 aromatic rings. The van der Waals surface area contributed by atoms with Gasteiger partial charge in [-0.25, -0.2) is 0 Å². The second kappa shape index (κ2) is 7.65. The van der Waals surface area contributed by atoms with E-state index in [2.05, 4.69) is 40.6 Å². The van der Waals surface area contributed by atoms with Gasteiger partial charge >= 0.3 is 0 Å². The van der Waals surface area contributed by atoms with Gasteiger partial charge in [-0.05, 0) is 41.7 Å². The molecule has 1 unspecified atom stereocenters. The molecular weight excluding hydrogens is 358 g/mol. The minimum atomic E-state index is 0.267. The van der Waals surface area contributed by atoms with Crippen molar-refractivity contribution in [2.45, 2.75) is 50.1 Å². The molecule has 2 aromatic carbocycles. The van der Waals surface area contributed by atoms with Gasteiger partial charge in [-0.15, -0.1) is 0 Å². The third-order valence-corrected chi connectivity index (χ3v) is 7.02. The van der Waals surface area contributed by atoms with Crippen molar-refractivity contribution in [3.8, 4) is 17.2 Å². The second-order valence-electron chi connectivity index (χ2n) is 8.80. The number of nitrogens with zero attached hydrogens (tertiary/aromatic N) is 2. The summed E-state index contributed by atoms with van der Waals surface area (Å²) in [4.78, 5) is 15.0. The van der Waals surface area contributed by atoms with Crippen molar-refractivity contribution in [2.24, 2.45) is 5.92 Å². The number of piperidine rings is 1. The number of hydrogen-bond donors (Lipinski definition) is 1. The van der Waals surface area contributed by atoms with Crippen LogP contribution in [0.4, 0.5) is 0 Å². The number of fused-ring (bicyclic) bond motifs is 2. The Balaban J connectivity index is 1.26. The standard InChI is InChI=1S/C25H27N3O/c26-14-17-5-4-8-21(13-17)18-9-11-19(12-10-18)24-22-15-28(16-23(24)27-22)25(29)20-6-2-1-3-7-20/h4-5,8-13,20,22-24,27H,1-3,6-7,15-16H2/t22-,23+,24?. The van der Waals surface area contributed by atoms with Crippen LogP contribution in [0.5, 0.6) is 0 Å². The van der Waals surface area contributed by atoms with Crippen LogP contribution in [0.25, 0.3) is 11.1 Å². The fourth-order valence-corrected chi connectivity index (χ4v) is 5.44. The summed E-state index contributed by atoms with van der Waals surface area (Å²) < 4.78 is 0. The molecule has 4 aliphatic rings. The Morgan fingerprint density at radius 2 is 1.69 bits per heavy atom. The van der Waals surface area contributed by atoms with Gasteiger partial charge in [0.25, 0.3) is 0 Å². The molecule has 3 aliphatic heterocycles. The number of nitrogens with one attached hydrogen (secondary N) is 1. The van der Waals surface area contributed by atoms with E-state index in [9.17, 15) is 4.79 Å². The highest BCUT2D eigenvalue weighted by Crippen LogP contribution is 2.38. The van der Waals surface area contributed by atoms with Crippen molar-refractivity contribution in [1.82, 2.24) is 10.2 Å².